The molecule has 0 aliphatic heterocycles. The number of carbonyl (C=O) groups excluding carboxylic acids is 2. The number of nitrogens with one attached hydrogen (secondary N) is 1. The average Bonchev–Trinajstić information content (AvgIpc) is 2.56. The molecule has 0 amide bonds. The summed E-state index contributed by atoms with van der Waals surface area (Å²) in [4.78, 5) is 24.4. The fourth-order valence-corrected chi connectivity index (χ4v) is 2.82. The summed E-state index contributed by atoms with van der Waals surface area (Å²) in [5.74, 6) is -0.878. The molecular weight excluding hydrogens is 372 g/mol. The molecule has 2 rings (SSSR count). The number of esters is 2. The first-order chi connectivity index (χ1) is 12.7. The van der Waals surface area contributed by atoms with Gasteiger partial charge in [-0.2, -0.15) is 13.5 Å². The zero-order chi connectivity index (χ0) is 20.0. The molecule has 0 aromatic heterocycles. The highest BCUT2D eigenvalue weighted by molar-refractivity contribution is 7.89. The number of benzene rings is 2. The molecule has 0 radical (unpaired) electrons. The smallest absolute Gasteiger partial charge is 0.308 e. The number of rotatable bonds is 6. The lowest BCUT2D eigenvalue weighted by Gasteiger charge is -2.08. The van der Waals surface area contributed by atoms with E-state index in [9.17, 15) is 18.0 Å². The molecule has 0 aliphatic carbocycles. The van der Waals surface area contributed by atoms with Crippen molar-refractivity contribution < 1.29 is 27.5 Å². The average molecular weight is 390 g/mol. The first-order valence-electron chi connectivity index (χ1n) is 7.80. The number of nitrogens with zero attached hydrogens (tertiary/aromatic N) is 1. The second-order valence-corrected chi connectivity index (χ2v) is 7.21. The van der Waals surface area contributed by atoms with Crippen LogP contribution in [0.25, 0.3) is 0 Å². The summed E-state index contributed by atoms with van der Waals surface area (Å²) in [5.41, 5.74) is 1.24. The molecular formula is C18H18N2O6S. The Hall–Kier alpha value is -3.20. The van der Waals surface area contributed by atoms with Crippen molar-refractivity contribution in [1.29, 1.82) is 0 Å². The number of hydrogen-bond donors (Lipinski definition) is 1. The maximum atomic E-state index is 12.2. The van der Waals surface area contributed by atoms with Crippen molar-refractivity contribution in [2.24, 2.45) is 5.10 Å². The van der Waals surface area contributed by atoms with E-state index in [4.69, 9.17) is 9.47 Å². The minimum Gasteiger partial charge on any atom is -0.427 e. The molecule has 27 heavy (non-hydrogen) atoms. The van der Waals surface area contributed by atoms with Gasteiger partial charge in [0, 0.05) is 25.5 Å². The molecule has 0 heterocycles. The SMILES string of the molecule is CC(=O)Oc1ccc(/C=N\NS(=O)(=O)c2ccc(C)cc2)c(OC(C)=O)c1. The zero-order valence-corrected chi connectivity index (χ0v) is 15.7. The fourth-order valence-electron chi connectivity index (χ4n) is 2.03. The van der Waals surface area contributed by atoms with Gasteiger partial charge in [0.1, 0.15) is 11.5 Å². The number of sulfonamides is 1. The van der Waals surface area contributed by atoms with Crippen molar-refractivity contribution in [1.82, 2.24) is 4.83 Å². The van der Waals surface area contributed by atoms with Crippen LogP contribution in [-0.2, 0) is 19.6 Å². The third-order valence-corrected chi connectivity index (χ3v) is 4.45. The van der Waals surface area contributed by atoms with E-state index in [-0.39, 0.29) is 16.4 Å². The summed E-state index contributed by atoms with van der Waals surface area (Å²) in [5, 5.41) is 3.71. The van der Waals surface area contributed by atoms with Gasteiger partial charge < -0.3 is 9.47 Å². The van der Waals surface area contributed by atoms with Crippen molar-refractivity contribution in [2.75, 3.05) is 0 Å². The van der Waals surface area contributed by atoms with Crippen molar-refractivity contribution in [3.8, 4) is 11.5 Å². The lowest BCUT2D eigenvalue weighted by atomic mass is 10.2. The largest absolute Gasteiger partial charge is 0.427 e. The van der Waals surface area contributed by atoms with Gasteiger partial charge in [-0.25, -0.2) is 4.83 Å². The quantitative estimate of drug-likeness (QED) is 0.350. The summed E-state index contributed by atoms with van der Waals surface area (Å²) >= 11 is 0. The highest BCUT2D eigenvalue weighted by Crippen LogP contribution is 2.24. The van der Waals surface area contributed by atoms with Crippen LogP contribution in [0.3, 0.4) is 0 Å². The lowest BCUT2D eigenvalue weighted by Crippen LogP contribution is -2.18. The molecule has 0 aliphatic rings. The van der Waals surface area contributed by atoms with Crippen LogP contribution >= 0.6 is 0 Å². The van der Waals surface area contributed by atoms with Crippen molar-refractivity contribution in [3.63, 3.8) is 0 Å². The van der Waals surface area contributed by atoms with Gasteiger partial charge in [0.05, 0.1) is 11.1 Å². The van der Waals surface area contributed by atoms with E-state index >= 15 is 0 Å². The minimum absolute atomic E-state index is 0.0654. The zero-order valence-electron chi connectivity index (χ0n) is 14.9. The van der Waals surface area contributed by atoms with Crippen LogP contribution in [0.2, 0.25) is 0 Å². The van der Waals surface area contributed by atoms with Crippen LogP contribution in [0.4, 0.5) is 0 Å². The predicted octanol–water partition coefficient (Wildman–Crippen LogP) is 2.16. The molecule has 9 heteroatoms. The van der Waals surface area contributed by atoms with Crippen molar-refractivity contribution >= 4 is 28.2 Å². The Morgan fingerprint density at radius 1 is 1.00 bits per heavy atom. The van der Waals surface area contributed by atoms with E-state index in [1.54, 1.807) is 12.1 Å². The summed E-state index contributed by atoms with van der Waals surface area (Å²) < 4.78 is 34.4. The number of ether oxygens (including phenoxy) is 2. The van der Waals surface area contributed by atoms with Crippen LogP contribution in [0.15, 0.2) is 52.5 Å². The predicted molar refractivity (Wildman–Crippen MR) is 98.2 cm³/mol. The van der Waals surface area contributed by atoms with Crippen LogP contribution in [0, 0.1) is 6.92 Å². The molecule has 0 atom stereocenters. The van der Waals surface area contributed by atoms with E-state index in [1.807, 2.05) is 6.92 Å². The number of aryl methyl sites for hydroxylation is 1. The van der Waals surface area contributed by atoms with Crippen LogP contribution in [0.1, 0.15) is 25.0 Å². The highest BCUT2D eigenvalue weighted by Gasteiger charge is 2.13. The van der Waals surface area contributed by atoms with Gasteiger partial charge in [0.25, 0.3) is 10.0 Å². The molecule has 142 valence electrons. The maximum Gasteiger partial charge on any atom is 0.308 e. The Kier molecular flexibility index (Phi) is 6.30. The number of hydrazone groups is 1. The van der Waals surface area contributed by atoms with Gasteiger partial charge >= 0.3 is 11.9 Å². The van der Waals surface area contributed by atoms with Gasteiger partial charge in [-0.15, -0.1) is 0 Å². The third kappa shape index (κ3) is 5.93. The first-order valence-corrected chi connectivity index (χ1v) is 9.28. The lowest BCUT2D eigenvalue weighted by molar-refractivity contribution is -0.132. The Balaban J connectivity index is 2.23. The van der Waals surface area contributed by atoms with Crippen LogP contribution < -0.4 is 14.3 Å². The molecule has 0 bridgehead atoms. The Morgan fingerprint density at radius 3 is 2.22 bits per heavy atom. The first kappa shape index (κ1) is 20.1. The van der Waals surface area contributed by atoms with E-state index < -0.39 is 22.0 Å². The van der Waals surface area contributed by atoms with E-state index in [0.29, 0.717) is 5.56 Å². The molecule has 0 saturated heterocycles. The van der Waals surface area contributed by atoms with E-state index in [2.05, 4.69) is 9.93 Å². The van der Waals surface area contributed by atoms with Gasteiger partial charge in [-0.05, 0) is 31.2 Å². The topological polar surface area (TPSA) is 111 Å². The van der Waals surface area contributed by atoms with Crippen molar-refractivity contribution in [3.05, 3.63) is 53.6 Å². The molecule has 1 N–H and O–H groups in total. The Labute approximate surface area is 156 Å². The molecule has 0 spiro atoms. The van der Waals surface area contributed by atoms with Gasteiger partial charge in [-0.3, -0.25) is 9.59 Å². The molecule has 0 unspecified atom stereocenters. The summed E-state index contributed by atoms with van der Waals surface area (Å²) in [7, 11) is -3.83. The summed E-state index contributed by atoms with van der Waals surface area (Å²) in [6.07, 6.45) is 1.18. The molecule has 0 fully saturated rings. The van der Waals surface area contributed by atoms with Gasteiger partial charge in [-0.1, -0.05) is 17.7 Å². The van der Waals surface area contributed by atoms with Gasteiger partial charge in [0.2, 0.25) is 0 Å². The summed E-state index contributed by atoms with van der Waals surface area (Å²) in [6.45, 7) is 4.29. The maximum absolute atomic E-state index is 12.2. The Morgan fingerprint density at radius 2 is 1.63 bits per heavy atom. The Bertz CT molecular complexity index is 981. The number of hydrogen-bond acceptors (Lipinski definition) is 7. The highest BCUT2D eigenvalue weighted by atomic mass is 32.2. The standard InChI is InChI=1S/C18H18N2O6S/c1-12-4-8-17(9-5-12)27(23,24)20-19-11-15-6-7-16(25-13(2)21)10-18(15)26-14(3)22/h4-11,20H,1-3H3/b19-11-. The molecule has 2 aromatic rings. The van der Waals surface area contributed by atoms with Crippen LogP contribution in [-0.4, -0.2) is 26.6 Å². The second kappa shape index (κ2) is 8.45. The third-order valence-electron chi connectivity index (χ3n) is 3.21. The number of carbonyl (C=O) groups is 2. The second-order valence-electron chi connectivity index (χ2n) is 5.55. The fraction of sp³-hybridized carbons (Fsp3) is 0.167. The van der Waals surface area contributed by atoms with E-state index in [0.717, 1.165) is 5.56 Å². The van der Waals surface area contributed by atoms with Crippen molar-refractivity contribution in [2.45, 2.75) is 25.7 Å². The summed E-state index contributed by atoms with van der Waals surface area (Å²) in [6, 6.07) is 10.5. The molecule has 2 aromatic carbocycles. The minimum atomic E-state index is -3.83. The van der Waals surface area contributed by atoms with Crippen LogP contribution in [0.5, 0.6) is 11.5 Å². The molecule has 0 saturated carbocycles. The van der Waals surface area contributed by atoms with Gasteiger partial charge in [0.15, 0.2) is 0 Å². The van der Waals surface area contributed by atoms with E-state index in [1.165, 1.54) is 50.4 Å². The normalized spacial score (nSPS) is 11.2. The molecule has 8 nitrogen and oxygen atoms in total. The monoisotopic (exact) mass is 390 g/mol.